The van der Waals surface area contributed by atoms with E-state index in [-0.39, 0.29) is 12.1 Å². The van der Waals surface area contributed by atoms with Crippen LogP contribution in [-0.2, 0) is 14.3 Å². The van der Waals surface area contributed by atoms with Gasteiger partial charge in [-0.1, -0.05) is 12.1 Å². The molecule has 0 amide bonds. The van der Waals surface area contributed by atoms with Crippen LogP contribution in [0.4, 0.5) is 0 Å². The lowest BCUT2D eigenvalue weighted by molar-refractivity contribution is -0.170. The molecule has 1 fully saturated rings. The zero-order chi connectivity index (χ0) is 12.3. The molecular weight excluding hydrogens is 216 g/mol. The van der Waals surface area contributed by atoms with Gasteiger partial charge in [-0.15, -0.1) is 0 Å². The molecular formula is C14H16O3. The summed E-state index contributed by atoms with van der Waals surface area (Å²) in [6.45, 7) is 4.01. The van der Waals surface area contributed by atoms with Crippen molar-refractivity contribution in [3.63, 3.8) is 0 Å². The molecule has 1 heterocycles. The van der Waals surface area contributed by atoms with Crippen LogP contribution in [-0.4, -0.2) is 18.2 Å². The molecule has 0 aliphatic carbocycles. The highest BCUT2D eigenvalue weighted by Crippen LogP contribution is 2.36. The Labute approximate surface area is 102 Å². The molecule has 0 spiro atoms. The van der Waals surface area contributed by atoms with E-state index in [2.05, 4.69) is 12.1 Å². The van der Waals surface area contributed by atoms with Crippen molar-refractivity contribution in [2.75, 3.05) is 6.61 Å². The summed E-state index contributed by atoms with van der Waals surface area (Å²) in [5, 5.41) is 0. The van der Waals surface area contributed by atoms with Gasteiger partial charge >= 0.3 is 5.97 Å². The number of carbonyl (C=O) groups is 1. The standard InChI is InChI=1S/C14H16O3/c1-11(15)17-14(2)8-9-16-13(10-14)12-6-4-3-5-7-12/h4,6-7,13H,8-10H2,1-2H3. The highest BCUT2D eigenvalue weighted by molar-refractivity contribution is 5.66. The van der Waals surface area contributed by atoms with E-state index in [9.17, 15) is 4.79 Å². The van der Waals surface area contributed by atoms with E-state index in [4.69, 9.17) is 9.47 Å². The van der Waals surface area contributed by atoms with E-state index in [1.54, 1.807) is 0 Å². The van der Waals surface area contributed by atoms with Crippen LogP contribution in [0.5, 0.6) is 0 Å². The third-order valence-electron chi connectivity index (χ3n) is 3.01. The maximum Gasteiger partial charge on any atom is 0.303 e. The van der Waals surface area contributed by atoms with E-state index < -0.39 is 5.60 Å². The number of carbonyl (C=O) groups excluding carboxylic acids is 1. The predicted molar refractivity (Wildman–Crippen MR) is 62.2 cm³/mol. The molecule has 2 atom stereocenters. The molecule has 3 heteroatoms. The molecule has 0 radical (unpaired) electrons. The molecule has 1 aliphatic rings. The van der Waals surface area contributed by atoms with Crippen molar-refractivity contribution >= 4 is 5.97 Å². The molecule has 1 aromatic rings. The number of rotatable bonds is 2. The summed E-state index contributed by atoms with van der Waals surface area (Å²) in [7, 11) is 0. The summed E-state index contributed by atoms with van der Waals surface area (Å²) in [4.78, 5) is 11.1. The largest absolute Gasteiger partial charge is 0.459 e. The van der Waals surface area contributed by atoms with Crippen molar-refractivity contribution in [2.45, 2.75) is 38.4 Å². The Morgan fingerprint density at radius 1 is 1.59 bits per heavy atom. The van der Waals surface area contributed by atoms with E-state index in [0.717, 1.165) is 12.0 Å². The monoisotopic (exact) mass is 232 g/mol. The van der Waals surface area contributed by atoms with E-state index in [0.29, 0.717) is 13.0 Å². The smallest absolute Gasteiger partial charge is 0.303 e. The molecule has 0 aromatic heterocycles. The van der Waals surface area contributed by atoms with Crippen LogP contribution in [0.3, 0.4) is 0 Å². The van der Waals surface area contributed by atoms with Crippen molar-refractivity contribution in [1.29, 1.82) is 0 Å². The fourth-order valence-corrected chi connectivity index (χ4v) is 2.18. The van der Waals surface area contributed by atoms with Crippen LogP contribution in [0.1, 0.15) is 38.4 Å². The zero-order valence-corrected chi connectivity index (χ0v) is 10.2. The third kappa shape index (κ3) is 2.98. The van der Waals surface area contributed by atoms with Crippen molar-refractivity contribution in [1.82, 2.24) is 0 Å². The minimum Gasteiger partial charge on any atom is -0.459 e. The van der Waals surface area contributed by atoms with Crippen LogP contribution in [0, 0.1) is 12.1 Å². The number of esters is 1. The van der Waals surface area contributed by atoms with E-state index >= 15 is 0 Å². The van der Waals surface area contributed by atoms with Gasteiger partial charge in [-0.2, -0.15) is 0 Å². The predicted octanol–water partition coefficient (Wildman–Crippen LogP) is 2.46. The molecule has 1 aromatic carbocycles. The van der Waals surface area contributed by atoms with Gasteiger partial charge in [0.05, 0.1) is 12.7 Å². The molecule has 0 saturated carbocycles. The quantitative estimate of drug-likeness (QED) is 0.735. The van der Waals surface area contributed by atoms with Gasteiger partial charge in [0.1, 0.15) is 5.60 Å². The fraction of sp³-hybridized carbons (Fsp3) is 0.500. The lowest BCUT2D eigenvalue weighted by atomic mass is 9.89. The Morgan fingerprint density at radius 3 is 3.06 bits per heavy atom. The molecule has 17 heavy (non-hydrogen) atoms. The lowest BCUT2D eigenvalue weighted by Crippen LogP contribution is -2.38. The molecule has 0 N–H and O–H groups in total. The highest BCUT2D eigenvalue weighted by atomic mass is 16.6. The second kappa shape index (κ2) is 4.77. The lowest BCUT2D eigenvalue weighted by Gasteiger charge is -2.37. The third-order valence-corrected chi connectivity index (χ3v) is 3.01. The Morgan fingerprint density at radius 2 is 2.41 bits per heavy atom. The molecule has 1 saturated heterocycles. The summed E-state index contributed by atoms with van der Waals surface area (Å²) < 4.78 is 11.1. The van der Waals surface area contributed by atoms with Gasteiger partial charge in [-0.3, -0.25) is 4.79 Å². The second-order valence-electron chi connectivity index (χ2n) is 4.62. The maximum atomic E-state index is 11.1. The Kier molecular flexibility index (Phi) is 3.35. The average molecular weight is 232 g/mol. The fourth-order valence-electron chi connectivity index (χ4n) is 2.18. The Balaban J connectivity index is 2.09. The van der Waals surface area contributed by atoms with Crippen molar-refractivity contribution in [2.24, 2.45) is 0 Å². The van der Waals surface area contributed by atoms with Crippen LogP contribution < -0.4 is 0 Å². The van der Waals surface area contributed by atoms with Crippen LogP contribution in [0.25, 0.3) is 0 Å². The van der Waals surface area contributed by atoms with Crippen LogP contribution in [0.15, 0.2) is 18.2 Å². The SMILES string of the molecule is CC(=O)OC1(C)CCOC(c2cc#ccc2)C1. The summed E-state index contributed by atoms with van der Waals surface area (Å²) in [6.07, 6.45) is 1.40. The second-order valence-corrected chi connectivity index (χ2v) is 4.62. The summed E-state index contributed by atoms with van der Waals surface area (Å²) in [5.41, 5.74) is 0.635. The highest BCUT2D eigenvalue weighted by Gasteiger charge is 2.36. The summed E-state index contributed by atoms with van der Waals surface area (Å²) >= 11 is 0. The number of hydrogen-bond acceptors (Lipinski definition) is 3. The van der Waals surface area contributed by atoms with Gasteiger partial charge in [0.15, 0.2) is 0 Å². The van der Waals surface area contributed by atoms with Gasteiger partial charge in [-0.05, 0) is 30.7 Å². The molecule has 0 bridgehead atoms. The molecule has 2 rings (SSSR count). The Bertz CT molecular complexity index is 388. The van der Waals surface area contributed by atoms with Gasteiger partial charge in [-0.25, -0.2) is 0 Å². The first-order valence-corrected chi connectivity index (χ1v) is 5.78. The van der Waals surface area contributed by atoms with Crippen molar-refractivity contribution in [3.05, 3.63) is 35.9 Å². The van der Waals surface area contributed by atoms with Crippen molar-refractivity contribution in [3.8, 4) is 0 Å². The minimum atomic E-state index is -0.422. The molecule has 90 valence electrons. The van der Waals surface area contributed by atoms with E-state index in [1.165, 1.54) is 6.92 Å². The number of hydrogen-bond donors (Lipinski definition) is 0. The van der Waals surface area contributed by atoms with Crippen LogP contribution >= 0.6 is 0 Å². The first-order chi connectivity index (χ1) is 8.09. The topological polar surface area (TPSA) is 35.5 Å². The van der Waals surface area contributed by atoms with Gasteiger partial charge in [0.2, 0.25) is 0 Å². The maximum absolute atomic E-state index is 11.1. The normalized spacial score (nSPS) is 28.2. The van der Waals surface area contributed by atoms with Gasteiger partial charge < -0.3 is 9.47 Å². The van der Waals surface area contributed by atoms with Crippen molar-refractivity contribution < 1.29 is 14.3 Å². The minimum absolute atomic E-state index is 0.0288. The molecule has 3 nitrogen and oxygen atoms in total. The average Bonchev–Trinajstić information content (AvgIpc) is 2.28. The van der Waals surface area contributed by atoms with E-state index in [1.807, 2.05) is 25.1 Å². The molecule has 2 unspecified atom stereocenters. The zero-order valence-electron chi connectivity index (χ0n) is 10.2. The first-order valence-electron chi connectivity index (χ1n) is 5.78. The summed E-state index contributed by atoms with van der Waals surface area (Å²) in [6, 6.07) is 11.4. The summed E-state index contributed by atoms with van der Waals surface area (Å²) in [5.74, 6) is -0.235. The van der Waals surface area contributed by atoms with Gasteiger partial charge in [0, 0.05) is 19.8 Å². The van der Waals surface area contributed by atoms with Gasteiger partial charge in [0.25, 0.3) is 0 Å². The first kappa shape index (κ1) is 11.9. The number of ether oxygens (including phenoxy) is 2. The van der Waals surface area contributed by atoms with Crippen LogP contribution in [0.2, 0.25) is 0 Å². The molecule has 1 aliphatic heterocycles. The Hall–Kier alpha value is -1.53.